The lowest BCUT2D eigenvalue weighted by Crippen LogP contribution is -2.55. The van der Waals surface area contributed by atoms with Gasteiger partial charge >= 0.3 is 0 Å². The van der Waals surface area contributed by atoms with Crippen molar-refractivity contribution in [2.75, 3.05) is 6.54 Å². The molecule has 0 bridgehead atoms. The molecule has 1 fully saturated rings. The van der Waals surface area contributed by atoms with Crippen molar-refractivity contribution in [1.29, 1.82) is 0 Å². The number of benzene rings is 1. The van der Waals surface area contributed by atoms with Crippen molar-refractivity contribution in [2.45, 2.75) is 64.3 Å². The molecule has 2 heterocycles. The normalized spacial score (nSPS) is 18.8. The SMILES string of the molecule is Cc1noc(C)c1C(C)(C)C(=O)N1Cc2ccccc2C2(CCC2)C1. The number of carbonyl (C=O) groups is 1. The molecule has 2 aromatic rings. The number of carbonyl (C=O) groups excluding carboxylic acids is 1. The van der Waals surface area contributed by atoms with Crippen LogP contribution in [0.15, 0.2) is 28.8 Å². The van der Waals surface area contributed by atoms with Crippen LogP contribution in [0.1, 0.15) is 61.3 Å². The Labute approximate surface area is 149 Å². The van der Waals surface area contributed by atoms with Gasteiger partial charge in [-0.3, -0.25) is 4.79 Å². The topological polar surface area (TPSA) is 46.3 Å². The minimum Gasteiger partial charge on any atom is -0.361 e. The van der Waals surface area contributed by atoms with Crippen molar-refractivity contribution in [2.24, 2.45) is 0 Å². The van der Waals surface area contributed by atoms with Gasteiger partial charge in [-0.15, -0.1) is 0 Å². The van der Waals surface area contributed by atoms with Gasteiger partial charge < -0.3 is 9.42 Å². The minimum atomic E-state index is -0.634. The number of amides is 1. The van der Waals surface area contributed by atoms with Crippen molar-refractivity contribution in [3.05, 3.63) is 52.4 Å². The molecule has 132 valence electrons. The molecule has 0 N–H and O–H groups in total. The monoisotopic (exact) mass is 338 g/mol. The summed E-state index contributed by atoms with van der Waals surface area (Å²) in [5.41, 5.74) is 4.03. The zero-order chi connectivity index (χ0) is 17.8. The molecule has 1 spiro atoms. The molecule has 25 heavy (non-hydrogen) atoms. The van der Waals surface area contributed by atoms with Crippen LogP contribution in [0.25, 0.3) is 0 Å². The summed E-state index contributed by atoms with van der Waals surface area (Å²) in [6.45, 7) is 9.33. The highest BCUT2D eigenvalue weighted by molar-refractivity contribution is 5.88. The lowest BCUT2D eigenvalue weighted by atomic mass is 9.61. The average Bonchev–Trinajstić information content (AvgIpc) is 2.90. The maximum Gasteiger partial charge on any atom is 0.233 e. The first-order valence-corrected chi connectivity index (χ1v) is 9.16. The van der Waals surface area contributed by atoms with Crippen molar-refractivity contribution < 1.29 is 9.32 Å². The number of nitrogens with zero attached hydrogens (tertiary/aromatic N) is 2. The van der Waals surface area contributed by atoms with E-state index in [9.17, 15) is 4.79 Å². The average molecular weight is 338 g/mol. The van der Waals surface area contributed by atoms with Gasteiger partial charge in [0.2, 0.25) is 5.91 Å². The van der Waals surface area contributed by atoms with Crippen LogP contribution in [0.3, 0.4) is 0 Å². The second-order valence-corrected chi connectivity index (χ2v) is 8.28. The van der Waals surface area contributed by atoms with Gasteiger partial charge in [-0.1, -0.05) is 35.8 Å². The molecule has 2 aliphatic rings. The second kappa shape index (κ2) is 5.45. The van der Waals surface area contributed by atoms with E-state index < -0.39 is 5.41 Å². The van der Waals surface area contributed by atoms with Crippen LogP contribution in [0, 0.1) is 13.8 Å². The standard InChI is InChI=1S/C21H26N2O2/c1-14-18(15(2)25-22-14)20(3,4)19(24)23-12-16-8-5-6-9-17(16)21(13-23)10-7-11-21/h5-6,8-9H,7,10-13H2,1-4H3. The molecule has 1 aliphatic heterocycles. The summed E-state index contributed by atoms with van der Waals surface area (Å²) in [7, 11) is 0. The summed E-state index contributed by atoms with van der Waals surface area (Å²) >= 11 is 0. The zero-order valence-electron chi connectivity index (χ0n) is 15.6. The second-order valence-electron chi connectivity index (χ2n) is 8.28. The summed E-state index contributed by atoms with van der Waals surface area (Å²) in [4.78, 5) is 15.6. The maximum atomic E-state index is 13.5. The number of aromatic nitrogens is 1. The maximum absolute atomic E-state index is 13.5. The Hall–Kier alpha value is -2.10. The summed E-state index contributed by atoms with van der Waals surface area (Å²) < 4.78 is 5.33. The summed E-state index contributed by atoms with van der Waals surface area (Å²) in [5, 5.41) is 4.06. The summed E-state index contributed by atoms with van der Waals surface area (Å²) in [6, 6.07) is 8.65. The van der Waals surface area contributed by atoms with Crippen LogP contribution in [-0.4, -0.2) is 22.5 Å². The first kappa shape index (κ1) is 16.4. The largest absolute Gasteiger partial charge is 0.361 e. The van der Waals surface area contributed by atoms with Gasteiger partial charge in [-0.05, 0) is 51.7 Å². The van der Waals surface area contributed by atoms with Crippen LogP contribution < -0.4 is 0 Å². The van der Waals surface area contributed by atoms with E-state index in [0.717, 1.165) is 23.6 Å². The molecule has 4 rings (SSSR count). The van der Waals surface area contributed by atoms with E-state index in [1.54, 1.807) is 0 Å². The van der Waals surface area contributed by atoms with Crippen molar-refractivity contribution in [3.63, 3.8) is 0 Å². The Morgan fingerprint density at radius 3 is 2.56 bits per heavy atom. The van der Waals surface area contributed by atoms with E-state index >= 15 is 0 Å². The third kappa shape index (κ3) is 2.34. The third-order valence-electron chi connectivity index (χ3n) is 6.23. The van der Waals surface area contributed by atoms with Gasteiger partial charge in [0.1, 0.15) is 5.76 Å². The molecule has 1 aromatic carbocycles. The number of fused-ring (bicyclic) bond motifs is 2. The summed E-state index contributed by atoms with van der Waals surface area (Å²) in [6.07, 6.45) is 3.61. The lowest BCUT2D eigenvalue weighted by Gasteiger charge is -2.51. The van der Waals surface area contributed by atoms with Gasteiger partial charge in [0, 0.05) is 24.1 Å². The van der Waals surface area contributed by atoms with Crippen LogP contribution >= 0.6 is 0 Å². The highest BCUT2D eigenvalue weighted by Gasteiger charge is 2.48. The number of hydrogen-bond acceptors (Lipinski definition) is 3. The van der Waals surface area contributed by atoms with Crippen molar-refractivity contribution in [1.82, 2.24) is 10.1 Å². The van der Waals surface area contributed by atoms with Gasteiger partial charge in [0.25, 0.3) is 0 Å². The smallest absolute Gasteiger partial charge is 0.233 e. The first-order chi connectivity index (χ1) is 11.8. The quantitative estimate of drug-likeness (QED) is 0.830. The van der Waals surface area contributed by atoms with E-state index in [1.807, 2.05) is 27.7 Å². The molecule has 1 aliphatic carbocycles. The molecular formula is C21H26N2O2. The zero-order valence-corrected chi connectivity index (χ0v) is 15.6. The Morgan fingerprint density at radius 1 is 1.24 bits per heavy atom. The molecule has 1 aromatic heterocycles. The molecule has 1 saturated carbocycles. The fraction of sp³-hybridized carbons (Fsp3) is 0.524. The Kier molecular flexibility index (Phi) is 3.57. The van der Waals surface area contributed by atoms with E-state index in [1.165, 1.54) is 30.4 Å². The molecule has 0 radical (unpaired) electrons. The number of rotatable bonds is 2. The Morgan fingerprint density at radius 2 is 1.96 bits per heavy atom. The van der Waals surface area contributed by atoms with Crippen LogP contribution in [-0.2, 0) is 22.2 Å². The molecule has 4 heteroatoms. The molecule has 0 saturated heterocycles. The molecule has 1 amide bonds. The molecule has 0 atom stereocenters. The van der Waals surface area contributed by atoms with Gasteiger partial charge in [0.15, 0.2) is 0 Å². The Balaban J connectivity index is 1.70. The molecular weight excluding hydrogens is 312 g/mol. The first-order valence-electron chi connectivity index (χ1n) is 9.16. The van der Waals surface area contributed by atoms with E-state index in [-0.39, 0.29) is 11.3 Å². The third-order valence-corrected chi connectivity index (χ3v) is 6.23. The van der Waals surface area contributed by atoms with E-state index in [4.69, 9.17) is 4.52 Å². The fourth-order valence-corrected chi connectivity index (χ4v) is 4.94. The molecule has 4 nitrogen and oxygen atoms in total. The van der Waals surface area contributed by atoms with Crippen LogP contribution in [0.5, 0.6) is 0 Å². The fourth-order valence-electron chi connectivity index (χ4n) is 4.94. The number of hydrogen-bond donors (Lipinski definition) is 0. The van der Waals surface area contributed by atoms with Crippen LogP contribution in [0.2, 0.25) is 0 Å². The highest BCUT2D eigenvalue weighted by atomic mass is 16.5. The summed E-state index contributed by atoms with van der Waals surface area (Å²) in [5.74, 6) is 0.911. The predicted molar refractivity (Wildman–Crippen MR) is 96.4 cm³/mol. The van der Waals surface area contributed by atoms with Gasteiger partial charge in [0.05, 0.1) is 11.1 Å². The van der Waals surface area contributed by atoms with Crippen molar-refractivity contribution >= 4 is 5.91 Å². The van der Waals surface area contributed by atoms with E-state index in [2.05, 4.69) is 34.3 Å². The lowest BCUT2D eigenvalue weighted by molar-refractivity contribution is -0.139. The number of aryl methyl sites for hydroxylation is 2. The van der Waals surface area contributed by atoms with Gasteiger partial charge in [-0.2, -0.15) is 0 Å². The highest BCUT2D eigenvalue weighted by Crippen LogP contribution is 2.49. The van der Waals surface area contributed by atoms with Crippen LogP contribution in [0.4, 0.5) is 0 Å². The van der Waals surface area contributed by atoms with Gasteiger partial charge in [-0.25, -0.2) is 0 Å². The molecule has 0 unspecified atom stereocenters. The van der Waals surface area contributed by atoms with Crippen molar-refractivity contribution in [3.8, 4) is 0 Å². The predicted octanol–water partition coefficient (Wildman–Crippen LogP) is 4.03. The Bertz CT molecular complexity index is 811. The minimum absolute atomic E-state index is 0.166. The van der Waals surface area contributed by atoms with E-state index in [0.29, 0.717) is 6.54 Å².